The van der Waals surface area contributed by atoms with Gasteiger partial charge in [-0.2, -0.15) is 0 Å². The molecule has 1 aliphatic rings. The van der Waals surface area contributed by atoms with Gasteiger partial charge in [0.05, 0.1) is 24.2 Å². The Balaban J connectivity index is 1.97. The molecule has 8 heteroatoms. The van der Waals surface area contributed by atoms with Gasteiger partial charge >= 0.3 is 0 Å². The first-order valence-electron chi connectivity index (χ1n) is 7.89. The van der Waals surface area contributed by atoms with Gasteiger partial charge < -0.3 is 15.4 Å². The summed E-state index contributed by atoms with van der Waals surface area (Å²) in [4.78, 5) is 20.9. The molecule has 25 heavy (non-hydrogen) atoms. The minimum Gasteiger partial charge on any atom is -0.497 e. The predicted molar refractivity (Wildman–Crippen MR) is 101 cm³/mol. The van der Waals surface area contributed by atoms with E-state index in [1.165, 1.54) is 11.8 Å². The van der Waals surface area contributed by atoms with Crippen LogP contribution in [-0.2, 0) is 17.6 Å². The van der Waals surface area contributed by atoms with E-state index in [1.807, 2.05) is 18.4 Å². The number of aryl methyl sites for hydroxylation is 1. The largest absolute Gasteiger partial charge is 0.497 e. The van der Waals surface area contributed by atoms with Gasteiger partial charge in [0.1, 0.15) is 17.4 Å². The summed E-state index contributed by atoms with van der Waals surface area (Å²) >= 11 is 7.13. The maximum atomic E-state index is 11.7. The van der Waals surface area contributed by atoms with Crippen molar-refractivity contribution < 1.29 is 9.53 Å². The Hall–Kier alpha value is -1.99. The third-order valence-electron chi connectivity index (χ3n) is 3.97. The van der Waals surface area contributed by atoms with Crippen LogP contribution in [-0.4, -0.2) is 35.1 Å². The van der Waals surface area contributed by atoms with Gasteiger partial charge in [-0.05, 0) is 37.7 Å². The summed E-state index contributed by atoms with van der Waals surface area (Å²) in [6.45, 7) is 0. The van der Waals surface area contributed by atoms with Gasteiger partial charge in [-0.3, -0.25) is 4.79 Å². The summed E-state index contributed by atoms with van der Waals surface area (Å²) in [6.07, 6.45) is 4.96. The molecule has 1 aromatic heterocycles. The van der Waals surface area contributed by atoms with Crippen molar-refractivity contribution in [2.75, 3.05) is 29.9 Å². The fraction of sp³-hybridized carbons (Fsp3) is 0.353. The number of halogens is 1. The third-order valence-corrected chi connectivity index (χ3v) is 4.76. The summed E-state index contributed by atoms with van der Waals surface area (Å²) < 4.78 is 5.24. The Morgan fingerprint density at radius 2 is 2.16 bits per heavy atom. The summed E-state index contributed by atoms with van der Waals surface area (Å²) in [6, 6.07) is 5.43. The molecule has 0 aliphatic heterocycles. The first-order valence-corrected chi connectivity index (χ1v) is 9.65. The van der Waals surface area contributed by atoms with Gasteiger partial charge in [0.15, 0.2) is 5.16 Å². The number of anilines is 3. The van der Waals surface area contributed by atoms with Gasteiger partial charge in [0, 0.05) is 11.6 Å². The van der Waals surface area contributed by atoms with Gasteiger partial charge in [-0.15, -0.1) is 11.6 Å². The monoisotopic (exact) mass is 378 g/mol. The maximum Gasteiger partial charge on any atom is 0.239 e. The lowest BCUT2D eigenvalue weighted by Gasteiger charge is -2.16. The SMILES string of the molecule is COc1ccc(Nc2nc(SC)nc3c2CCC3)c(NC(=O)CCl)c1. The molecule has 1 aliphatic carbocycles. The first-order chi connectivity index (χ1) is 12.1. The van der Waals surface area contributed by atoms with Crippen LogP contribution >= 0.6 is 23.4 Å². The zero-order valence-electron chi connectivity index (χ0n) is 14.1. The standard InChI is InChI=1S/C17H19ClN4O2S/c1-24-10-6-7-13(14(8-10)19-15(23)9-18)20-16-11-4-3-5-12(11)21-17(22-16)25-2/h6-8H,3-5,9H2,1-2H3,(H,19,23)(H,20,21,22). The van der Waals surface area contributed by atoms with Crippen LogP contribution in [0.3, 0.4) is 0 Å². The number of ether oxygens (including phenoxy) is 1. The second kappa shape index (κ2) is 7.93. The van der Waals surface area contributed by atoms with E-state index in [0.29, 0.717) is 11.4 Å². The van der Waals surface area contributed by atoms with Gasteiger partial charge in [-0.1, -0.05) is 11.8 Å². The molecule has 0 bridgehead atoms. The van der Waals surface area contributed by atoms with E-state index in [1.54, 1.807) is 13.2 Å². The molecule has 0 fully saturated rings. The molecule has 1 aromatic carbocycles. The number of nitrogens with one attached hydrogen (secondary N) is 2. The number of alkyl halides is 1. The number of hydrogen-bond acceptors (Lipinski definition) is 6. The van der Waals surface area contributed by atoms with Crippen LogP contribution in [0, 0.1) is 0 Å². The molecule has 0 atom stereocenters. The maximum absolute atomic E-state index is 11.7. The van der Waals surface area contributed by atoms with E-state index in [-0.39, 0.29) is 11.8 Å². The number of carbonyl (C=O) groups is 1. The number of amides is 1. The molecule has 2 N–H and O–H groups in total. The number of methoxy groups -OCH3 is 1. The highest BCUT2D eigenvalue weighted by Gasteiger charge is 2.20. The number of nitrogens with zero attached hydrogens (tertiary/aromatic N) is 2. The number of hydrogen-bond donors (Lipinski definition) is 2. The summed E-state index contributed by atoms with van der Waals surface area (Å²) in [5.41, 5.74) is 3.57. The Kier molecular flexibility index (Phi) is 5.65. The van der Waals surface area contributed by atoms with Crippen molar-refractivity contribution in [3.63, 3.8) is 0 Å². The predicted octanol–water partition coefficient (Wildman–Crippen LogP) is 3.62. The molecular weight excluding hydrogens is 360 g/mol. The van der Waals surface area contributed by atoms with Crippen molar-refractivity contribution in [2.45, 2.75) is 24.4 Å². The van der Waals surface area contributed by atoms with E-state index < -0.39 is 0 Å². The Bertz CT molecular complexity index is 800. The lowest BCUT2D eigenvalue weighted by molar-refractivity contribution is -0.113. The summed E-state index contributed by atoms with van der Waals surface area (Å²) in [7, 11) is 1.58. The molecule has 0 spiro atoms. The van der Waals surface area contributed by atoms with Crippen LogP contribution in [0.15, 0.2) is 23.4 Å². The Morgan fingerprint density at radius 1 is 1.32 bits per heavy atom. The Labute approximate surface area is 155 Å². The van der Waals surface area contributed by atoms with Gasteiger partial charge in [-0.25, -0.2) is 9.97 Å². The molecule has 3 rings (SSSR count). The minimum atomic E-state index is -0.282. The lowest BCUT2D eigenvalue weighted by atomic mass is 10.2. The highest BCUT2D eigenvalue weighted by molar-refractivity contribution is 7.98. The van der Waals surface area contributed by atoms with E-state index in [0.717, 1.165) is 47.2 Å². The smallest absolute Gasteiger partial charge is 0.239 e. The average molecular weight is 379 g/mol. The first kappa shape index (κ1) is 17.8. The number of thioether (sulfide) groups is 1. The normalized spacial score (nSPS) is 12.6. The highest BCUT2D eigenvalue weighted by Crippen LogP contribution is 2.34. The van der Waals surface area contributed by atoms with Crippen LogP contribution in [0.4, 0.5) is 17.2 Å². The van der Waals surface area contributed by atoms with E-state index in [2.05, 4.69) is 20.6 Å². The van der Waals surface area contributed by atoms with Gasteiger partial charge in [0.2, 0.25) is 5.91 Å². The second-order valence-electron chi connectivity index (χ2n) is 5.56. The molecular formula is C17H19ClN4O2S. The topological polar surface area (TPSA) is 76.1 Å². The van der Waals surface area contributed by atoms with Crippen molar-refractivity contribution >= 4 is 46.5 Å². The summed E-state index contributed by atoms with van der Waals surface area (Å²) in [5.74, 6) is 1.04. The number of benzene rings is 1. The molecule has 1 amide bonds. The summed E-state index contributed by atoms with van der Waals surface area (Å²) in [5, 5.41) is 6.88. The van der Waals surface area contributed by atoms with E-state index >= 15 is 0 Å². The Morgan fingerprint density at radius 3 is 2.88 bits per heavy atom. The highest BCUT2D eigenvalue weighted by atomic mass is 35.5. The fourth-order valence-electron chi connectivity index (χ4n) is 2.78. The van der Waals surface area contributed by atoms with Crippen LogP contribution in [0.2, 0.25) is 0 Å². The number of fused-ring (bicyclic) bond motifs is 1. The zero-order valence-corrected chi connectivity index (χ0v) is 15.6. The van der Waals surface area contributed by atoms with Gasteiger partial charge in [0.25, 0.3) is 0 Å². The molecule has 0 saturated heterocycles. The average Bonchev–Trinajstić information content (AvgIpc) is 3.11. The second-order valence-corrected chi connectivity index (χ2v) is 6.60. The molecule has 2 aromatic rings. The minimum absolute atomic E-state index is 0.115. The van der Waals surface area contributed by atoms with Crippen LogP contribution < -0.4 is 15.4 Å². The molecule has 0 saturated carbocycles. The van der Waals surface area contributed by atoms with Crippen molar-refractivity contribution in [1.29, 1.82) is 0 Å². The van der Waals surface area contributed by atoms with Crippen molar-refractivity contribution in [2.24, 2.45) is 0 Å². The number of carbonyl (C=O) groups excluding carboxylic acids is 1. The van der Waals surface area contributed by atoms with Crippen molar-refractivity contribution in [1.82, 2.24) is 9.97 Å². The molecule has 0 unspecified atom stereocenters. The molecule has 6 nitrogen and oxygen atoms in total. The van der Waals surface area contributed by atoms with Crippen molar-refractivity contribution in [3.05, 3.63) is 29.5 Å². The number of rotatable bonds is 6. The quantitative estimate of drug-likeness (QED) is 0.454. The van der Waals surface area contributed by atoms with E-state index in [9.17, 15) is 4.79 Å². The lowest BCUT2D eigenvalue weighted by Crippen LogP contribution is -2.14. The molecule has 132 valence electrons. The van der Waals surface area contributed by atoms with Crippen molar-refractivity contribution in [3.8, 4) is 5.75 Å². The molecule has 1 heterocycles. The van der Waals surface area contributed by atoms with E-state index in [4.69, 9.17) is 16.3 Å². The third kappa shape index (κ3) is 3.99. The van der Waals surface area contributed by atoms with Crippen LogP contribution in [0.5, 0.6) is 5.75 Å². The molecule has 0 radical (unpaired) electrons. The van der Waals surface area contributed by atoms with Crippen LogP contribution in [0.1, 0.15) is 17.7 Å². The number of aromatic nitrogens is 2. The zero-order chi connectivity index (χ0) is 17.8. The van der Waals surface area contributed by atoms with Crippen LogP contribution in [0.25, 0.3) is 0 Å². The fourth-order valence-corrected chi connectivity index (χ4v) is 3.23.